The monoisotopic (exact) mass is 282 g/mol. The van der Waals surface area contributed by atoms with Gasteiger partial charge in [0.05, 0.1) is 5.39 Å². The van der Waals surface area contributed by atoms with Gasteiger partial charge in [0.25, 0.3) is 0 Å². The minimum absolute atomic E-state index is 0.721. The van der Waals surface area contributed by atoms with Crippen molar-refractivity contribution < 1.29 is 0 Å². The number of aromatic nitrogens is 2. The lowest BCUT2D eigenvalue weighted by Gasteiger charge is -2.19. The molecule has 4 nitrogen and oxygen atoms in total. The molecule has 0 spiro atoms. The van der Waals surface area contributed by atoms with Crippen molar-refractivity contribution in [2.45, 2.75) is 6.92 Å². The van der Waals surface area contributed by atoms with Crippen LogP contribution in [0.15, 0.2) is 11.4 Å². The molecule has 2 rings (SSSR count). The highest BCUT2D eigenvalue weighted by molar-refractivity contribution is 7.98. The van der Waals surface area contributed by atoms with Gasteiger partial charge in [-0.05, 0) is 24.6 Å². The highest BCUT2D eigenvalue weighted by atomic mass is 32.2. The van der Waals surface area contributed by atoms with E-state index in [4.69, 9.17) is 0 Å². The number of fused-ring (bicyclic) bond motifs is 1. The molecule has 0 aromatic carbocycles. The van der Waals surface area contributed by atoms with Gasteiger partial charge in [0.1, 0.15) is 10.6 Å². The first-order valence-corrected chi connectivity index (χ1v) is 8.22. The number of thiophene rings is 1. The average Bonchev–Trinajstić information content (AvgIpc) is 2.83. The van der Waals surface area contributed by atoms with Gasteiger partial charge in [-0.25, -0.2) is 4.98 Å². The van der Waals surface area contributed by atoms with Crippen molar-refractivity contribution in [1.29, 1.82) is 0 Å². The molecule has 0 unspecified atom stereocenters. The zero-order valence-electron chi connectivity index (χ0n) is 10.9. The second-order valence-corrected chi connectivity index (χ2v) is 5.84. The van der Waals surface area contributed by atoms with E-state index in [0.29, 0.717) is 0 Å². The molecule has 0 atom stereocenters. The van der Waals surface area contributed by atoms with E-state index >= 15 is 0 Å². The zero-order chi connectivity index (χ0) is 13.0. The van der Waals surface area contributed by atoms with Gasteiger partial charge in [0.15, 0.2) is 0 Å². The normalized spacial score (nSPS) is 10.8. The summed E-state index contributed by atoms with van der Waals surface area (Å²) >= 11 is 3.51. The molecule has 0 aliphatic rings. The Labute approximate surface area is 116 Å². The van der Waals surface area contributed by atoms with Crippen molar-refractivity contribution in [2.24, 2.45) is 0 Å². The molecule has 2 aromatic heterocycles. The molecule has 6 heteroatoms. The maximum atomic E-state index is 4.62. The van der Waals surface area contributed by atoms with Crippen LogP contribution >= 0.6 is 23.1 Å². The number of nitrogens with one attached hydrogen (secondary N) is 1. The first-order chi connectivity index (χ1) is 8.76. The van der Waals surface area contributed by atoms with Gasteiger partial charge >= 0.3 is 0 Å². The van der Waals surface area contributed by atoms with Crippen LogP contribution in [0.1, 0.15) is 6.92 Å². The Kier molecular flexibility index (Phi) is 4.66. The van der Waals surface area contributed by atoms with Crippen LogP contribution in [-0.2, 0) is 0 Å². The molecule has 1 N–H and O–H groups in total. The van der Waals surface area contributed by atoms with E-state index in [1.807, 2.05) is 11.8 Å². The van der Waals surface area contributed by atoms with Crippen molar-refractivity contribution >= 4 is 45.1 Å². The minimum atomic E-state index is 0.721. The predicted octanol–water partition coefficient (Wildman–Crippen LogP) is 2.92. The summed E-state index contributed by atoms with van der Waals surface area (Å²) in [7, 11) is 2.09. The Hall–Kier alpha value is -1.01. The van der Waals surface area contributed by atoms with E-state index in [-0.39, 0.29) is 0 Å². The van der Waals surface area contributed by atoms with Crippen molar-refractivity contribution in [1.82, 2.24) is 9.97 Å². The summed E-state index contributed by atoms with van der Waals surface area (Å²) in [6.07, 6.45) is 2.12. The fourth-order valence-electron chi connectivity index (χ4n) is 1.70. The lowest BCUT2D eigenvalue weighted by atomic mass is 10.3. The Morgan fingerprint density at radius 1 is 1.44 bits per heavy atom. The Bertz CT molecular complexity index is 512. The maximum Gasteiger partial charge on any atom is 0.226 e. The number of hydrogen-bond acceptors (Lipinski definition) is 6. The van der Waals surface area contributed by atoms with Gasteiger partial charge in [0, 0.05) is 25.9 Å². The van der Waals surface area contributed by atoms with E-state index < -0.39 is 0 Å². The van der Waals surface area contributed by atoms with Gasteiger partial charge in [0.2, 0.25) is 5.95 Å². The third-order valence-corrected chi connectivity index (χ3v) is 4.03. The van der Waals surface area contributed by atoms with Crippen LogP contribution in [0.5, 0.6) is 0 Å². The molecule has 0 saturated carbocycles. The molecule has 0 aliphatic heterocycles. The third-order valence-electron chi connectivity index (χ3n) is 2.63. The topological polar surface area (TPSA) is 41.1 Å². The van der Waals surface area contributed by atoms with Crippen LogP contribution < -0.4 is 10.2 Å². The number of rotatable bonds is 6. The van der Waals surface area contributed by atoms with Crippen molar-refractivity contribution in [3.8, 4) is 0 Å². The van der Waals surface area contributed by atoms with Crippen LogP contribution in [0.4, 0.5) is 11.8 Å². The van der Waals surface area contributed by atoms with Crippen molar-refractivity contribution in [3.63, 3.8) is 0 Å². The summed E-state index contributed by atoms with van der Waals surface area (Å²) in [6, 6.07) is 2.10. The quantitative estimate of drug-likeness (QED) is 0.882. The average molecular weight is 282 g/mol. The molecule has 0 fully saturated rings. The molecule has 18 heavy (non-hydrogen) atoms. The van der Waals surface area contributed by atoms with Crippen LogP contribution in [0.2, 0.25) is 0 Å². The zero-order valence-corrected chi connectivity index (χ0v) is 12.6. The molecular weight excluding hydrogens is 264 g/mol. The van der Waals surface area contributed by atoms with Gasteiger partial charge in [-0.15, -0.1) is 11.3 Å². The van der Waals surface area contributed by atoms with E-state index in [1.54, 1.807) is 11.3 Å². The summed E-state index contributed by atoms with van der Waals surface area (Å²) in [5.74, 6) is 2.84. The Morgan fingerprint density at radius 2 is 2.28 bits per heavy atom. The predicted molar refractivity (Wildman–Crippen MR) is 83.2 cm³/mol. The van der Waals surface area contributed by atoms with E-state index in [0.717, 1.165) is 40.8 Å². The molecule has 0 saturated heterocycles. The number of hydrogen-bond donors (Lipinski definition) is 1. The Balaban J connectivity index is 2.36. The molecule has 0 bridgehead atoms. The van der Waals surface area contributed by atoms with Gasteiger partial charge in [-0.3, -0.25) is 0 Å². The number of anilines is 2. The van der Waals surface area contributed by atoms with Crippen molar-refractivity contribution in [3.05, 3.63) is 11.4 Å². The van der Waals surface area contributed by atoms with E-state index in [2.05, 4.69) is 51.9 Å². The second-order valence-electron chi connectivity index (χ2n) is 3.95. The highest BCUT2D eigenvalue weighted by Gasteiger charge is 2.12. The summed E-state index contributed by atoms with van der Waals surface area (Å²) in [6.45, 7) is 3.89. The number of nitrogens with zero attached hydrogens (tertiary/aromatic N) is 3. The molecule has 2 aromatic rings. The van der Waals surface area contributed by atoms with E-state index in [9.17, 15) is 0 Å². The molecule has 0 aliphatic carbocycles. The lowest BCUT2D eigenvalue weighted by Crippen LogP contribution is -2.22. The lowest BCUT2D eigenvalue weighted by molar-refractivity contribution is 0.947. The first kappa shape index (κ1) is 13.4. The molecule has 98 valence electrons. The van der Waals surface area contributed by atoms with Crippen LogP contribution in [0.25, 0.3) is 10.2 Å². The molecular formula is C12H18N4S2. The third kappa shape index (κ3) is 2.87. The van der Waals surface area contributed by atoms with Crippen LogP contribution in [-0.4, -0.2) is 42.1 Å². The summed E-state index contributed by atoms with van der Waals surface area (Å²) in [5, 5.41) is 6.41. The summed E-state index contributed by atoms with van der Waals surface area (Å²) in [4.78, 5) is 12.4. The maximum absolute atomic E-state index is 4.62. The number of thioether (sulfide) groups is 1. The van der Waals surface area contributed by atoms with Crippen LogP contribution in [0.3, 0.4) is 0 Å². The van der Waals surface area contributed by atoms with Gasteiger partial charge in [-0.1, -0.05) is 0 Å². The van der Waals surface area contributed by atoms with Gasteiger partial charge in [-0.2, -0.15) is 16.7 Å². The molecule has 0 radical (unpaired) electrons. The fourth-order valence-corrected chi connectivity index (χ4v) is 2.92. The van der Waals surface area contributed by atoms with E-state index in [1.165, 1.54) is 0 Å². The second kappa shape index (κ2) is 6.24. The summed E-state index contributed by atoms with van der Waals surface area (Å²) < 4.78 is 0. The van der Waals surface area contributed by atoms with Crippen LogP contribution in [0, 0.1) is 0 Å². The van der Waals surface area contributed by atoms with Crippen molar-refractivity contribution in [2.75, 3.05) is 42.4 Å². The largest absolute Gasteiger partial charge is 0.358 e. The fraction of sp³-hybridized carbons (Fsp3) is 0.500. The standard InChI is InChI=1S/C12H18N4S2/c1-4-13-12-14-10(16(2)6-8-17-3)9-5-7-18-11(9)15-12/h5,7H,4,6,8H2,1-3H3,(H,13,14,15). The van der Waals surface area contributed by atoms with Gasteiger partial charge < -0.3 is 10.2 Å². The molecule has 2 heterocycles. The smallest absolute Gasteiger partial charge is 0.226 e. The minimum Gasteiger partial charge on any atom is -0.358 e. The SMILES string of the molecule is CCNc1nc(N(C)CCSC)c2ccsc2n1. The summed E-state index contributed by atoms with van der Waals surface area (Å²) in [5.41, 5.74) is 0. The molecule has 0 amide bonds. The first-order valence-electron chi connectivity index (χ1n) is 5.95. The highest BCUT2D eigenvalue weighted by Crippen LogP contribution is 2.28. The Morgan fingerprint density at radius 3 is 3.00 bits per heavy atom.